The molecule has 3 heterocycles. The summed E-state index contributed by atoms with van der Waals surface area (Å²) in [6.45, 7) is 4.58. The largest absolute Gasteiger partial charge is 0.359 e. The fraction of sp³-hybridized carbons (Fsp3) is 0.524. The van der Waals surface area contributed by atoms with Crippen molar-refractivity contribution in [3.63, 3.8) is 0 Å². The summed E-state index contributed by atoms with van der Waals surface area (Å²) >= 11 is 0. The number of hydrogen-bond acceptors (Lipinski definition) is 4. The van der Waals surface area contributed by atoms with Crippen molar-refractivity contribution in [2.75, 3.05) is 26.2 Å². The summed E-state index contributed by atoms with van der Waals surface area (Å²) in [5.74, 6) is 1.49. The lowest BCUT2D eigenvalue weighted by Crippen LogP contribution is -2.44. The summed E-state index contributed by atoms with van der Waals surface area (Å²) in [5, 5.41) is 4.19. The lowest BCUT2D eigenvalue weighted by atomic mass is 9.94. The quantitative estimate of drug-likeness (QED) is 0.843. The number of hydrogen-bond donors (Lipinski definition) is 0. The Kier molecular flexibility index (Phi) is 5.34. The summed E-state index contributed by atoms with van der Waals surface area (Å²) in [6.07, 6.45) is 5.51. The summed E-state index contributed by atoms with van der Waals surface area (Å²) in [4.78, 5) is 17.1. The number of likely N-dealkylation sites (tertiary alicyclic amines) is 2. The van der Waals surface area contributed by atoms with Gasteiger partial charge in [0.2, 0.25) is 5.91 Å². The molecule has 1 aromatic carbocycles. The van der Waals surface area contributed by atoms with Gasteiger partial charge in [0.1, 0.15) is 5.69 Å². The first-order valence-corrected chi connectivity index (χ1v) is 9.82. The Morgan fingerprint density at radius 3 is 2.50 bits per heavy atom. The number of carbonyl (C=O) groups excluding carboxylic acids is 1. The Hall–Kier alpha value is -2.14. The second-order valence-corrected chi connectivity index (χ2v) is 7.48. The van der Waals surface area contributed by atoms with E-state index in [1.165, 1.54) is 19.3 Å². The average molecular weight is 353 g/mol. The molecule has 2 saturated heterocycles. The lowest BCUT2D eigenvalue weighted by molar-refractivity contribution is -0.138. The van der Waals surface area contributed by atoms with Crippen molar-refractivity contribution < 1.29 is 9.32 Å². The highest BCUT2D eigenvalue weighted by Gasteiger charge is 2.29. The van der Waals surface area contributed by atoms with E-state index in [0.717, 1.165) is 62.6 Å². The molecule has 2 aliphatic heterocycles. The number of piperidine rings is 2. The van der Waals surface area contributed by atoms with Crippen LogP contribution in [0.15, 0.2) is 40.9 Å². The highest BCUT2D eigenvalue weighted by Crippen LogP contribution is 2.24. The number of amides is 1. The minimum atomic E-state index is 0.207. The summed E-state index contributed by atoms with van der Waals surface area (Å²) in [5.41, 5.74) is 1.96. The first kappa shape index (κ1) is 17.3. The molecular weight excluding hydrogens is 326 g/mol. The summed E-state index contributed by atoms with van der Waals surface area (Å²) in [6, 6.07) is 12.1. The molecule has 5 nitrogen and oxygen atoms in total. The van der Waals surface area contributed by atoms with Gasteiger partial charge in [-0.05, 0) is 45.2 Å². The van der Waals surface area contributed by atoms with Gasteiger partial charge in [0.15, 0.2) is 5.76 Å². The van der Waals surface area contributed by atoms with Gasteiger partial charge in [-0.2, -0.15) is 0 Å². The molecule has 1 aromatic heterocycles. The fourth-order valence-corrected chi connectivity index (χ4v) is 4.06. The van der Waals surface area contributed by atoms with Gasteiger partial charge in [-0.15, -0.1) is 0 Å². The zero-order valence-electron chi connectivity index (χ0n) is 15.3. The maximum Gasteiger partial charge on any atom is 0.225 e. The third-order valence-electron chi connectivity index (χ3n) is 5.61. The Morgan fingerprint density at radius 2 is 1.77 bits per heavy atom. The SMILES string of the molecule is O=C(C1CCN(Cc2cc(-c3ccccc3)no2)CC1)N1CCCCC1. The average Bonchev–Trinajstić information content (AvgIpc) is 3.18. The van der Waals surface area contributed by atoms with Crippen molar-refractivity contribution in [2.24, 2.45) is 5.92 Å². The van der Waals surface area contributed by atoms with Gasteiger partial charge in [0, 0.05) is 30.6 Å². The van der Waals surface area contributed by atoms with Crippen molar-refractivity contribution >= 4 is 5.91 Å². The van der Waals surface area contributed by atoms with Crippen LogP contribution in [0.2, 0.25) is 0 Å². The zero-order chi connectivity index (χ0) is 17.8. The molecule has 0 aliphatic carbocycles. The topological polar surface area (TPSA) is 49.6 Å². The van der Waals surface area contributed by atoms with Crippen LogP contribution in [0, 0.1) is 5.92 Å². The van der Waals surface area contributed by atoms with Crippen LogP contribution in [0.3, 0.4) is 0 Å². The van der Waals surface area contributed by atoms with Crippen LogP contribution in [0.25, 0.3) is 11.3 Å². The molecule has 138 valence electrons. The molecule has 5 heteroatoms. The van der Waals surface area contributed by atoms with Gasteiger partial charge < -0.3 is 9.42 Å². The molecule has 1 amide bonds. The van der Waals surface area contributed by atoms with E-state index in [0.29, 0.717) is 5.91 Å². The van der Waals surface area contributed by atoms with Crippen molar-refractivity contribution in [3.8, 4) is 11.3 Å². The van der Waals surface area contributed by atoms with Crippen molar-refractivity contribution in [1.82, 2.24) is 15.0 Å². The Labute approximate surface area is 155 Å². The first-order valence-electron chi connectivity index (χ1n) is 9.82. The van der Waals surface area contributed by atoms with E-state index >= 15 is 0 Å². The van der Waals surface area contributed by atoms with Gasteiger partial charge >= 0.3 is 0 Å². The van der Waals surface area contributed by atoms with Crippen molar-refractivity contribution in [3.05, 3.63) is 42.2 Å². The predicted octanol–water partition coefficient (Wildman–Crippen LogP) is 3.57. The number of carbonyl (C=O) groups is 1. The molecular formula is C21H27N3O2. The normalized spacial score (nSPS) is 19.6. The van der Waals surface area contributed by atoms with E-state index in [4.69, 9.17) is 4.52 Å². The van der Waals surface area contributed by atoms with Crippen LogP contribution < -0.4 is 0 Å². The molecule has 26 heavy (non-hydrogen) atoms. The maximum absolute atomic E-state index is 12.7. The van der Waals surface area contributed by atoms with Crippen LogP contribution in [0.4, 0.5) is 0 Å². The van der Waals surface area contributed by atoms with E-state index in [1.54, 1.807) is 0 Å². The highest BCUT2D eigenvalue weighted by molar-refractivity contribution is 5.79. The van der Waals surface area contributed by atoms with Gasteiger partial charge in [-0.3, -0.25) is 9.69 Å². The second-order valence-electron chi connectivity index (χ2n) is 7.48. The molecule has 2 aromatic rings. The third kappa shape index (κ3) is 3.98. The second kappa shape index (κ2) is 8.04. The molecule has 4 rings (SSSR count). The van der Waals surface area contributed by atoms with Crippen LogP contribution in [-0.4, -0.2) is 47.0 Å². The van der Waals surface area contributed by atoms with Crippen LogP contribution in [0.5, 0.6) is 0 Å². The molecule has 0 spiro atoms. The first-order chi connectivity index (χ1) is 12.8. The summed E-state index contributed by atoms with van der Waals surface area (Å²) in [7, 11) is 0. The number of benzene rings is 1. The number of nitrogens with zero attached hydrogens (tertiary/aromatic N) is 3. The van der Waals surface area contributed by atoms with E-state index in [1.807, 2.05) is 36.4 Å². The monoisotopic (exact) mass is 353 g/mol. The zero-order valence-corrected chi connectivity index (χ0v) is 15.3. The molecule has 0 unspecified atom stereocenters. The van der Waals surface area contributed by atoms with Crippen LogP contribution in [0.1, 0.15) is 37.9 Å². The van der Waals surface area contributed by atoms with Crippen LogP contribution >= 0.6 is 0 Å². The minimum absolute atomic E-state index is 0.207. The van der Waals surface area contributed by atoms with Gasteiger partial charge in [-0.25, -0.2) is 0 Å². The van der Waals surface area contributed by atoms with E-state index in [-0.39, 0.29) is 5.92 Å². The Balaban J connectivity index is 1.29. The number of rotatable bonds is 4. The molecule has 2 fully saturated rings. The van der Waals surface area contributed by atoms with E-state index in [9.17, 15) is 4.79 Å². The standard InChI is InChI=1S/C21H27N3O2/c25-21(24-11-5-2-6-12-24)18-9-13-23(14-10-18)16-19-15-20(22-26-19)17-7-3-1-4-8-17/h1,3-4,7-8,15,18H,2,5-6,9-14,16H2. The maximum atomic E-state index is 12.7. The minimum Gasteiger partial charge on any atom is -0.359 e. The van der Waals surface area contributed by atoms with E-state index < -0.39 is 0 Å². The molecule has 0 saturated carbocycles. The van der Waals surface area contributed by atoms with Crippen molar-refractivity contribution in [2.45, 2.75) is 38.6 Å². The lowest BCUT2D eigenvalue weighted by Gasteiger charge is -2.35. The molecule has 0 bridgehead atoms. The Morgan fingerprint density at radius 1 is 1.04 bits per heavy atom. The molecule has 2 aliphatic rings. The van der Waals surface area contributed by atoms with E-state index in [2.05, 4.69) is 15.0 Å². The summed E-state index contributed by atoms with van der Waals surface area (Å²) < 4.78 is 5.52. The third-order valence-corrected chi connectivity index (χ3v) is 5.61. The van der Waals surface area contributed by atoms with Crippen LogP contribution in [-0.2, 0) is 11.3 Å². The molecule has 0 atom stereocenters. The van der Waals surface area contributed by atoms with Gasteiger partial charge in [0.25, 0.3) is 0 Å². The van der Waals surface area contributed by atoms with Crippen molar-refractivity contribution in [1.29, 1.82) is 0 Å². The molecule has 0 N–H and O–H groups in total. The van der Waals surface area contributed by atoms with Gasteiger partial charge in [0.05, 0.1) is 6.54 Å². The fourth-order valence-electron chi connectivity index (χ4n) is 4.06. The smallest absolute Gasteiger partial charge is 0.225 e. The number of aromatic nitrogens is 1. The Bertz CT molecular complexity index is 714. The van der Waals surface area contributed by atoms with Gasteiger partial charge in [-0.1, -0.05) is 35.5 Å². The predicted molar refractivity (Wildman–Crippen MR) is 100 cm³/mol. The highest BCUT2D eigenvalue weighted by atomic mass is 16.5. The molecule has 0 radical (unpaired) electrons.